The fraction of sp³-hybridized carbons (Fsp3) is 0.100. The fourth-order valence-corrected chi connectivity index (χ4v) is 3.73. The van der Waals surface area contributed by atoms with Crippen molar-refractivity contribution in [2.45, 2.75) is 12.4 Å². The van der Waals surface area contributed by atoms with E-state index in [0.717, 1.165) is 0 Å². The number of hydrogen-bond donors (Lipinski definition) is 2. The lowest BCUT2D eigenvalue weighted by Crippen LogP contribution is -2.22. The molecule has 0 aliphatic carbocycles. The van der Waals surface area contributed by atoms with E-state index in [4.69, 9.17) is 0 Å². The summed E-state index contributed by atoms with van der Waals surface area (Å²) in [6, 6.07) is 2.70. The molecule has 0 spiro atoms. The Morgan fingerprint density at radius 2 is 0.972 bits per heavy atom. The first-order valence-corrected chi connectivity index (χ1v) is 9.45. The van der Waals surface area contributed by atoms with Crippen LogP contribution in [0.5, 0.6) is 0 Å². The summed E-state index contributed by atoms with van der Waals surface area (Å²) >= 11 is 0. The van der Waals surface area contributed by atoms with Crippen LogP contribution in [0.15, 0.2) is 47.5 Å². The van der Waals surface area contributed by atoms with Gasteiger partial charge in [-0.25, -0.2) is 0 Å². The van der Waals surface area contributed by atoms with Gasteiger partial charge in [-0.3, -0.25) is 29.8 Å². The number of carbonyl (C=O) groups is 2. The molecule has 0 atom stereocenters. The van der Waals surface area contributed by atoms with Crippen LogP contribution in [0.3, 0.4) is 0 Å². The van der Waals surface area contributed by atoms with Crippen molar-refractivity contribution in [3.05, 3.63) is 90.0 Å². The maximum Gasteiger partial charge on any atom is 0.416 e. The van der Waals surface area contributed by atoms with Gasteiger partial charge in [0.2, 0.25) is 0 Å². The third-order valence-corrected chi connectivity index (χ3v) is 5.26. The fourth-order valence-electron chi connectivity index (χ4n) is 3.73. The summed E-state index contributed by atoms with van der Waals surface area (Å²) in [5.41, 5.74) is -8.32. The largest absolute Gasteiger partial charge is 0.416 e. The first-order chi connectivity index (χ1) is 16.6. The summed E-state index contributed by atoms with van der Waals surface area (Å²) in [4.78, 5) is 45.9. The van der Waals surface area contributed by atoms with Crippen molar-refractivity contribution >= 4 is 34.6 Å². The summed E-state index contributed by atoms with van der Waals surface area (Å²) < 4.78 is 78.1. The topological polar surface area (TPSA) is 144 Å². The number of amides is 2. The van der Waals surface area contributed by atoms with E-state index in [1.54, 1.807) is 0 Å². The monoisotopic (exact) mass is 514 g/mol. The summed E-state index contributed by atoms with van der Waals surface area (Å²) in [5.74, 6) is -2.23. The minimum atomic E-state index is -4.94. The van der Waals surface area contributed by atoms with E-state index < -0.39 is 90.2 Å². The highest BCUT2D eigenvalue weighted by Gasteiger charge is 2.44. The summed E-state index contributed by atoms with van der Waals surface area (Å²) in [5, 5.41) is 27.2. The maximum atomic E-state index is 13.0. The van der Waals surface area contributed by atoms with E-state index in [1.807, 2.05) is 0 Å². The van der Waals surface area contributed by atoms with E-state index in [-0.39, 0.29) is 12.1 Å². The summed E-state index contributed by atoms with van der Waals surface area (Å²) in [6.45, 7) is 0. The van der Waals surface area contributed by atoms with E-state index in [9.17, 15) is 56.2 Å². The highest BCUT2D eigenvalue weighted by Crippen LogP contribution is 2.43. The van der Waals surface area contributed by atoms with Crippen LogP contribution in [0.2, 0.25) is 0 Å². The molecule has 2 aliphatic rings. The smallest absolute Gasteiger partial charge is 0.320 e. The average Bonchev–Trinajstić information content (AvgIpc) is 3.29. The lowest BCUT2D eigenvalue weighted by atomic mass is 9.99. The standard InChI is InChI=1S/C20H8F6N4O6/c21-19(22,23)7-1-3-9(11(5-7)29(33)34)15-13-14(18(32)27-15)16(28-17(13)31)10-4-2-8(20(24,25)26)6-12(10)30(35)36/h1-6H,(H,27,32)(H,28,31). The molecule has 4 rings (SSSR count). The number of benzene rings is 2. The second kappa shape index (κ2) is 7.89. The van der Waals surface area contributed by atoms with Crippen molar-refractivity contribution in [2.24, 2.45) is 0 Å². The van der Waals surface area contributed by atoms with Crippen molar-refractivity contribution in [3.8, 4) is 0 Å². The van der Waals surface area contributed by atoms with Gasteiger partial charge in [0.1, 0.15) is 0 Å². The van der Waals surface area contributed by atoms with Crippen molar-refractivity contribution in [3.63, 3.8) is 0 Å². The third kappa shape index (κ3) is 3.91. The first-order valence-electron chi connectivity index (χ1n) is 9.45. The Kier molecular flexibility index (Phi) is 5.34. The molecular weight excluding hydrogens is 506 g/mol. The molecule has 2 aliphatic heterocycles. The number of nitrogens with zero attached hydrogens (tertiary/aromatic N) is 2. The molecule has 16 heteroatoms. The molecular formula is C20H8F6N4O6. The normalized spacial score (nSPS) is 15.7. The zero-order chi connectivity index (χ0) is 26.7. The van der Waals surface area contributed by atoms with Gasteiger partial charge in [-0.2, -0.15) is 26.3 Å². The number of nitrogens with one attached hydrogen (secondary N) is 2. The van der Waals surface area contributed by atoms with Crippen LogP contribution in [0.1, 0.15) is 22.3 Å². The average molecular weight is 514 g/mol. The second-order valence-electron chi connectivity index (χ2n) is 7.38. The predicted octanol–water partition coefficient (Wildman–Crippen LogP) is 3.92. The van der Waals surface area contributed by atoms with Crippen LogP contribution in [-0.2, 0) is 21.9 Å². The Morgan fingerprint density at radius 3 is 1.25 bits per heavy atom. The van der Waals surface area contributed by atoms with Gasteiger partial charge in [0.25, 0.3) is 23.2 Å². The van der Waals surface area contributed by atoms with Gasteiger partial charge < -0.3 is 10.6 Å². The number of nitro benzene ring substituents is 2. The lowest BCUT2D eigenvalue weighted by molar-refractivity contribution is -0.385. The van der Waals surface area contributed by atoms with Gasteiger partial charge >= 0.3 is 12.4 Å². The number of rotatable bonds is 4. The molecule has 36 heavy (non-hydrogen) atoms. The Hall–Kier alpha value is -4.76. The molecule has 0 saturated heterocycles. The zero-order valence-corrected chi connectivity index (χ0v) is 17.1. The third-order valence-electron chi connectivity index (χ3n) is 5.26. The number of alkyl halides is 6. The molecule has 2 N–H and O–H groups in total. The zero-order valence-electron chi connectivity index (χ0n) is 17.1. The molecule has 0 radical (unpaired) electrons. The first kappa shape index (κ1) is 24.4. The summed E-state index contributed by atoms with van der Waals surface area (Å²) in [6.07, 6.45) is -9.88. The molecule has 2 amide bonds. The van der Waals surface area contributed by atoms with E-state index in [2.05, 4.69) is 10.6 Å². The van der Waals surface area contributed by atoms with Gasteiger partial charge in [0.15, 0.2) is 0 Å². The molecule has 0 aromatic heterocycles. The van der Waals surface area contributed by atoms with Crippen LogP contribution in [0.25, 0.3) is 11.4 Å². The van der Waals surface area contributed by atoms with Gasteiger partial charge in [-0.05, 0) is 24.3 Å². The van der Waals surface area contributed by atoms with Crippen molar-refractivity contribution < 1.29 is 45.8 Å². The Morgan fingerprint density at radius 1 is 0.639 bits per heavy atom. The van der Waals surface area contributed by atoms with Gasteiger partial charge in [0, 0.05) is 12.1 Å². The van der Waals surface area contributed by atoms with Crippen LogP contribution >= 0.6 is 0 Å². The van der Waals surface area contributed by atoms with Crippen LogP contribution < -0.4 is 10.6 Å². The van der Waals surface area contributed by atoms with E-state index >= 15 is 0 Å². The van der Waals surface area contributed by atoms with Crippen molar-refractivity contribution in [1.82, 2.24) is 10.6 Å². The van der Waals surface area contributed by atoms with Crippen LogP contribution in [-0.4, -0.2) is 21.7 Å². The van der Waals surface area contributed by atoms with Crippen LogP contribution in [0, 0.1) is 20.2 Å². The van der Waals surface area contributed by atoms with E-state index in [1.165, 1.54) is 0 Å². The number of fused-ring (bicyclic) bond motifs is 1. The molecule has 2 aromatic carbocycles. The molecule has 2 heterocycles. The molecule has 0 fully saturated rings. The molecule has 186 valence electrons. The predicted molar refractivity (Wildman–Crippen MR) is 106 cm³/mol. The SMILES string of the molecule is O=C1NC(c2ccc(C(F)(F)F)cc2[N+](=O)[O-])=C2C(=O)NC(c3ccc(C(F)(F)F)cc3[N+](=O)[O-])=C12. The summed E-state index contributed by atoms with van der Waals surface area (Å²) in [7, 11) is 0. The number of nitro groups is 2. The Balaban J connectivity index is 1.95. The van der Waals surface area contributed by atoms with Gasteiger partial charge in [0.05, 0.1) is 54.6 Å². The minimum absolute atomic E-state index is 0.200. The molecule has 0 bridgehead atoms. The van der Waals surface area contributed by atoms with Gasteiger partial charge in [-0.15, -0.1) is 0 Å². The molecule has 0 unspecified atom stereocenters. The molecule has 0 saturated carbocycles. The number of halogens is 6. The van der Waals surface area contributed by atoms with Crippen molar-refractivity contribution in [2.75, 3.05) is 0 Å². The van der Waals surface area contributed by atoms with E-state index in [0.29, 0.717) is 24.3 Å². The second-order valence-corrected chi connectivity index (χ2v) is 7.38. The molecule has 2 aromatic rings. The highest BCUT2D eigenvalue weighted by molar-refractivity contribution is 6.30. The lowest BCUT2D eigenvalue weighted by Gasteiger charge is -2.11. The Bertz CT molecular complexity index is 1350. The highest BCUT2D eigenvalue weighted by atomic mass is 19.4. The maximum absolute atomic E-state index is 13.0. The quantitative estimate of drug-likeness (QED) is 0.360. The minimum Gasteiger partial charge on any atom is -0.320 e. The Labute approximate surface area is 194 Å². The van der Waals surface area contributed by atoms with Crippen molar-refractivity contribution in [1.29, 1.82) is 0 Å². The number of hydrogen-bond acceptors (Lipinski definition) is 6. The molecule has 10 nitrogen and oxygen atoms in total. The van der Waals surface area contributed by atoms with Crippen LogP contribution in [0.4, 0.5) is 37.7 Å². The van der Waals surface area contributed by atoms with Gasteiger partial charge in [-0.1, -0.05) is 0 Å². The number of carbonyl (C=O) groups excluding carboxylic acids is 2.